The molecule has 4 rings (SSSR count). The summed E-state index contributed by atoms with van der Waals surface area (Å²) in [4.78, 5) is 24.2. The van der Waals surface area contributed by atoms with Crippen LogP contribution in [-0.2, 0) is 14.3 Å². The van der Waals surface area contributed by atoms with Gasteiger partial charge >= 0.3 is 5.97 Å². The number of amides is 1. The molecule has 2 heterocycles. The molecule has 2 N–H and O–H groups in total. The Balaban J connectivity index is 1.42. The van der Waals surface area contributed by atoms with E-state index in [-0.39, 0.29) is 24.2 Å². The summed E-state index contributed by atoms with van der Waals surface area (Å²) in [5, 5.41) is 12.6. The van der Waals surface area contributed by atoms with Gasteiger partial charge < -0.3 is 15.2 Å². The van der Waals surface area contributed by atoms with Gasteiger partial charge in [-0.2, -0.15) is 0 Å². The van der Waals surface area contributed by atoms with E-state index in [0.717, 1.165) is 24.7 Å². The summed E-state index contributed by atoms with van der Waals surface area (Å²) < 4.78 is 5.69. The van der Waals surface area contributed by atoms with Crippen LogP contribution >= 0.6 is 0 Å². The van der Waals surface area contributed by atoms with Crippen molar-refractivity contribution in [2.24, 2.45) is 29.6 Å². The van der Waals surface area contributed by atoms with Crippen LogP contribution in [0.4, 0.5) is 0 Å². The van der Waals surface area contributed by atoms with Crippen LogP contribution < -0.4 is 5.32 Å². The molecule has 2 saturated heterocycles. The van der Waals surface area contributed by atoms with Crippen LogP contribution in [0.5, 0.6) is 0 Å². The van der Waals surface area contributed by atoms with Crippen LogP contribution in [0.3, 0.4) is 0 Å². The van der Waals surface area contributed by atoms with E-state index in [1.807, 2.05) is 0 Å². The fourth-order valence-corrected chi connectivity index (χ4v) is 5.66. The number of carbonyl (C=O) groups is 2. The minimum atomic E-state index is -0.889. The lowest BCUT2D eigenvalue weighted by molar-refractivity contribution is -0.148. The number of ether oxygens (including phenoxy) is 1. The molecule has 0 aromatic heterocycles. The van der Waals surface area contributed by atoms with Gasteiger partial charge in [0.15, 0.2) is 0 Å². The first-order valence-electron chi connectivity index (χ1n) is 8.73. The Bertz CT molecular complexity index is 493. The molecule has 0 aromatic rings. The average Bonchev–Trinajstić information content (AvgIpc) is 3.24. The molecule has 5 heteroatoms. The standard InChI is InChI=1S/C17H25NO4/c1-8(11-7-9-2-3-10(11)6-9)18-16(19)14-12-4-5-13(22-12)15(14)17(20)21/h8-15H,2-7H2,1H3,(H,18,19)(H,20,21)/t8-,9-,10-,11+,12+,13+,14-,15+/m1/s1. The second-order valence-corrected chi connectivity index (χ2v) is 7.82. The second kappa shape index (κ2) is 5.22. The van der Waals surface area contributed by atoms with Gasteiger partial charge in [0.1, 0.15) is 0 Å². The zero-order valence-electron chi connectivity index (χ0n) is 13.0. The van der Waals surface area contributed by atoms with Crippen LogP contribution in [0.15, 0.2) is 0 Å². The summed E-state index contributed by atoms with van der Waals surface area (Å²) in [6.07, 6.45) is 6.31. The Morgan fingerprint density at radius 3 is 2.41 bits per heavy atom. The first-order valence-corrected chi connectivity index (χ1v) is 8.73. The second-order valence-electron chi connectivity index (χ2n) is 7.82. The number of carbonyl (C=O) groups excluding carboxylic acids is 1. The number of nitrogens with one attached hydrogen (secondary N) is 1. The van der Waals surface area contributed by atoms with Gasteiger partial charge in [0.25, 0.3) is 0 Å². The first-order chi connectivity index (χ1) is 10.5. The Morgan fingerprint density at radius 1 is 1.09 bits per heavy atom. The van der Waals surface area contributed by atoms with E-state index in [1.54, 1.807) is 0 Å². The summed E-state index contributed by atoms with van der Waals surface area (Å²) in [6.45, 7) is 2.09. The molecular weight excluding hydrogens is 282 g/mol. The first kappa shape index (κ1) is 14.5. The largest absolute Gasteiger partial charge is 0.481 e. The average molecular weight is 307 g/mol. The fourth-order valence-electron chi connectivity index (χ4n) is 5.66. The molecule has 5 nitrogen and oxygen atoms in total. The predicted molar refractivity (Wildman–Crippen MR) is 79.1 cm³/mol. The van der Waals surface area contributed by atoms with Crippen LogP contribution in [0, 0.1) is 29.6 Å². The van der Waals surface area contributed by atoms with Gasteiger partial charge in [-0.1, -0.05) is 6.42 Å². The van der Waals surface area contributed by atoms with E-state index in [0.29, 0.717) is 5.92 Å². The predicted octanol–water partition coefficient (Wildman–Crippen LogP) is 1.81. The minimum Gasteiger partial charge on any atom is -0.481 e. The number of aliphatic carboxylic acids is 1. The van der Waals surface area contributed by atoms with Crippen molar-refractivity contribution >= 4 is 11.9 Å². The Hall–Kier alpha value is -1.10. The van der Waals surface area contributed by atoms with Crippen molar-refractivity contribution in [2.45, 2.75) is 63.7 Å². The highest BCUT2D eigenvalue weighted by Crippen LogP contribution is 2.50. The molecule has 0 radical (unpaired) electrons. The summed E-state index contributed by atoms with van der Waals surface area (Å²) in [7, 11) is 0. The zero-order chi connectivity index (χ0) is 15.4. The van der Waals surface area contributed by atoms with Gasteiger partial charge in [-0.3, -0.25) is 9.59 Å². The maximum Gasteiger partial charge on any atom is 0.310 e. The summed E-state index contributed by atoms with van der Waals surface area (Å²) in [5.74, 6) is 0.0300. The number of rotatable bonds is 4. The number of carboxylic acid groups (broad SMARTS) is 1. The smallest absolute Gasteiger partial charge is 0.310 e. The molecule has 4 bridgehead atoms. The highest BCUT2D eigenvalue weighted by atomic mass is 16.5. The molecule has 0 spiro atoms. The molecule has 2 saturated carbocycles. The summed E-state index contributed by atoms with van der Waals surface area (Å²) >= 11 is 0. The van der Waals surface area contributed by atoms with Crippen molar-refractivity contribution in [2.75, 3.05) is 0 Å². The number of carboxylic acids is 1. The molecule has 22 heavy (non-hydrogen) atoms. The van der Waals surface area contributed by atoms with Gasteiger partial charge in [0.2, 0.25) is 5.91 Å². The highest BCUT2D eigenvalue weighted by Gasteiger charge is 2.56. The molecule has 0 aromatic carbocycles. The molecule has 2 aliphatic carbocycles. The third-order valence-corrected chi connectivity index (χ3v) is 6.67. The SMILES string of the molecule is C[C@@H](NC(=O)[C@H]1[C@@H](C(=O)O)[C@@H]2CC[C@@H]1O2)[C@@H]1C[C@@H]2CC[C@@H]1C2. The Morgan fingerprint density at radius 2 is 1.82 bits per heavy atom. The quantitative estimate of drug-likeness (QED) is 0.830. The van der Waals surface area contributed by atoms with E-state index in [9.17, 15) is 14.7 Å². The fraction of sp³-hybridized carbons (Fsp3) is 0.882. The molecular formula is C17H25NO4. The normalized spacial score (nSPS) is 46.9. The van der Waals surface area contributed by atoms with Crippen molar-refractivity contribution in [3.05, 3.63) is 0 Å². The highest BCUT2D eigenvalue weighted by molar-refractivity contribution is 5.86. The van der Waals surface area contributed by atoms with Crippen molar-refractivity contribution in [1.29, 1.82) is 0 Å². The van der Waals surface area contributed by atoms with Crippen LogP contribution in [0.1, 0.15) is 45.4 Å². The van der Waals surface area contributed by atoms with E-state index in [1.165, 1.54) is 25.7 Å². The van der Waals surface area contributed by atoms with Crippen LogP contribution in [-0.4, -0.2) is 35.2 Å². The van der Waals surface area contributed by atoms with Gasteiger partial charge in [0.05, 0.1) is 24.0 Å². The van der Waals surface area contributed by atoms with E-state index in [2.05, 4.69) is 12.2 Å². The van der Waals surface area contributed by atoms with Crippen molar-refractivity contribution in [1.82, 2.24) is 5.32 Å². The van der Waals surface area contributed by atoms with Crippen molar-refractivity contribution < 1.29 is 19.4 Å². The molecule has 8 atom stereocenters. The molecule has 0 unspecified atom stereocenters. The lowest BCUT2D eigenvalue weighted by Gasteiger charge is -2.31. The number of fused-ring (bicyclic) bond motifs is 4. The number of hydrogen-bond acceptors (Lipinski definition) is 3. The Kier molecular flexibility index (Phi) is 3.44. The lowest BCUT2D eigenvalue weighted by Crippen LogP contribution is -2.48. The van der Waals surface area contributed by atoms with Gasteiger partial charge in [-0.05, 0) is 56.8 Å². The summed E-state index contributed by atoms with van der Waals surface area (Å²) in [5.41, 5.74) is 0. The van der Waals surface area contributed by atoms with Crippen molar-refractivity contribution in [3.8, 4) is 0 Å². The molecule has 1 amide bonds. The van der Waals surface area contributed by atoms with Gasteiger partial charge in [0, 0.05) is 6.04 Å². The molecule has 4 fully saturated rings. The Labute approximate surface area is 130 Å². The maximum atomic E-state index is 12.7. The van der Waals surface area contributed by atoms with Crippen molar-refractivity contribution in [3.63, 3.8) is 0 Å². The zero-order valence-corrected chi connectivity index (χ0v) is 13.0. The lowest BCUT2D eigenvalue weighted by atomic mass is 9.78. The third kappa shape index (κ3) is 2.16. The van der Waals surface area contributed by atoms with E-state index in [4.69, 9.17) is 4.74 Å². The monoisotopic (exact) mass is 307 g/mol. The molecule has 2 aliphatic heterocycles. The maximum absolute atomic E-state index is 12.7. The minimum absolute atomic E-state index is 0.102. The van der Waals surface area contributed by atoms with E-state index >= 15 is 0 Å². The topological polar surface area (TPSA) is 75.6 Å². The molecule has 122 valence electrons. The number of hydrogen-bond donors (Lipinski definition) is 2. The van der Waals surface area contributed by atoms with E-state index < -0.39 is 17.8 Å². The third-order valence-electron chi connectivity index (χ3n) is 6.67. The summed E-state index contributed by atoms with van der Waals surface area (Å²) in [6, 6.07) is 0.149. The molecule has 4 aliphatic rings. The van der Waals surface area contributed by atoms with Gasteiger partial charge in [-0.25, -0.2) is 0 Å². The van der Waals surface area contributed by atoms with Crippen LogP contribution in [0.25, 0.3) is 0 Å². The van der Waals surface area contributed by atoms with Crippen LogP contribution in [0.2, 0.25) is 0 Å². The van der Waals surface area contributed by atoms with Gasteiger partial charge in [-0.15, -0.1) is 0 Å².